The fourth-order valence-electron chi connectivity index (χ4n) is 6.25. The van der Waals surface area contributed by atoms with Gasteiger partial charge in [-0.05, 0) is 93.2 Å². The lowest BCUT2D eigenvalue weighted by molar-refractivity contribution is -0.114. The van der Waals surface area contributed by atoms with Gasteiger partial charge in [0.25, 0.3) is 5.91 Å². The number of fused-ring (bicyclic) bond motifs is 2. The summed E-state index contributed by atoms with van der Waals surface area (Å²) >= 11 is 0. The van der Waals surface area contributed by atoms with Crippen LogP contribution in [0.25, 0.3) is 0 Å². The molecular weight excluding hydrogens is 491 g/mol. The number of aliphatic imine (C=N–C) groups is 1. The Morgan fingerprint density at radius 3 is 2.72 bits per heavy atom. The van der Waals surface area contributed by atoms with E-state index in [-0.39, 0.29) is 23.5 Å². The van der Waals surface area contributed by atoms with Crippen molar-refractivity contribution < 1.29 is 14.0 Å². The van der Waals surface area contributed by atoms with Crippen LogP contribution in [-0.4, -0.2) is 59.4 Å². The molecule has 6 nitrogen and oxygen atoms in total. The van der Waals surface area contributed by atoms with Crippen LogP contribution >= 0.6 is 0 Å². The van der Waals surface area contributed by atoms with Crippen molar-refractivity contribution in [2.75, 3.05) is 31.5 Å². The van der Waals surface area contributed by atoms with Crippen molar-refractivity contribution in [1.82, 2.24) is 9.80 Å². The molecule has 3 aliphatic heterocycles. The van der Waals surface area contributed by atoms with Crippen molar-refractivity contribution in [3.63, 3.8) is 0 Å². The van der Waals surface area contributed by atoms with Gasteiger partial charge >= 0.3 is 0 Å². The van der Waals surface area contributed by atoms with E-state index in [1.165, 1.54) is 32.0 Å². The Bertz CT molecular complexity index is 1400. The average molecular weight is 527 g/mol. The summed E-state index contributed by atoms with van der Waals surface area (Å²) in [5, 5.41) is 3.48. The number of allylic oxidation sites excluding steroid dienone is 4. The third kappa shape index (κ3) is 5.33. The summed E-state index contributed by atoms with van der Waals surface area (Å²) < 4.78 is 14.2. The van der Waals surface area contributed by atoms with Gasteiger partial charge in [0.05, 0.1) is 17.3 Å². The second-order valence-corrected chi connectivity index (χ2v) is 11.1. The molecule has 0 aromatic heterocycles. The first-order chi connectivity index (χ1) is 19.0. The van der Waals surface area contributed by atoms with E-state index in [0.717, 1.165) is 47.6 Å². The zero-order chi connectivity index (χ0) is 26.9. The van der Waals surface area contributed by atoms with Crippen LogP contribution in [0.4, 0.5) is 10.1 Å². The second-order valence-electron chi connectivity index (χ2n) is 11.1. The number of Topliss-reactive ketones (excluding diaryl/α,β-unsaturated/α-hetero) is 1. The zero-order valence-electron chi connectivity index (χ0n) is 22.5. The van der Waals surface area contributed by atoms with Crippen molar-refractivity contribution in [2.24, 2.45) is 4.99 Å². The molecular formula is C32H35FN4O2. The Morgan fingerprint density at radius 2 is 1.90 bits per heavy atom. The van der Waals surface area contributed by atoms with E-state index in [0.29, 0.717) is 42.7 Å². The lowest BCUT2D eigenvalue weighted by Crippen LogP contribution is -2.29. The minimum Gasteiger partial charge on any atom is -0.358 e. The number of hydrogen-bond donors (Lipinski definition) is 1. The van der Waals surface area contributed by atoms with Gasteiger partial charge in [-0.15, -0.1) is 0 Å². The van der Waals surface area contributed by atoms with Gasteiger partial charge < -0.3 is 15.1 Å². The Kier molecular flexibility index (Phi) is 7.17. The van der Waals surface area contributed by atoms with Gasteiger partial charge in [0.1, 0.15) is 5.82 Å². The maximum Gasteiger partial charge on any atom is 0.254 e. The number of rotatable bonds is 7. The maximum absolute atomic E-state index is 14.2. The second kappa shape index (κ2) is 10.9. The van der Waals surface area contributed by atoms with Crippen LogP contribution in [0.15, 0.2) is 64.8 Å². The highest BCUT2D eigenvalue weighted by molar-refractivity contribution is 6.29. The highest BCUT2D eigenvalue weighted by atomic mass is 19.1. The van der Waals surface area contributed by atoms with E-state index < -0.39 is 0 Å². The molecule has 6 rings (SSSR count). The van der Waals surface area contributed by atoms with Crippen molar-refractivity contribution in [3.05, 3.63) is 87.9 Å². The molecule has 0 saturated carbocycles. The number of halogens is 1. The summed E-state index contributed by atoms with van der Waals surface area (Å²) in [7, 11) is 0. The standard InChI is InChI=1S/C32H35FN4O2/c1-21(16-22-8-2-3-9-26(22)33)34-27-10-6-11-30(38)31(27)29-18-23-17-25-24(19-28(23)35-29)20-37(32(25)39)15-7-14-36-12-4-5-13-36/h2-3,6,8-10,17,19,21,35H,4-5,7,11-16,18,20H2,1H3. The number of likely N-dealkylation sites (tertiary alicyclic amines) is 1. The minimum atomic E-state index is -0.237. The van der Waals surface area contributed by atoms with E-state index in [1.807, 2.05) is 36.1 Å². The van der Waals surface area contributed by atoms with E-state index in [1.54, 1.807) is 12.1 Å². The summed E-state index contributed by atoms with van der Waals surface area (Å²) in [5.41, 5.74) is 6.50. The third-order valence-corrected chi connectivity index (χ3v) is 8.21. The van der Waals surface area contributed by atoms with Crippen LogP contribution in [0.3, 0.4) is 0 Å². The first-order valence-electron chi connectivity index (χ1n) is 14.1. The number of hydrogen-bond acceptors (Lipinski definition) is 5. The van der Waals surface area contributed by atoms with Crippen LogP contribution in [0.1, 0.15) is 59.7 Å². The van der Waals surface area contributed by atoms with Crippen LogP contribution in [0.5, 0.6) is 0 Å². The van der Waals surface area contributed by atoms with Crippen molar-refractivity contribution in [3.8, 4) is 0 Å². The van der Waals surface area contributed by atoms with Gasteiger partial charge in [-0.25, -0.2) is 4.39 Å². The summed E-state index contributed by atoms with van der Waals surface area (Å²) in [6.07, 6.45) is 8.65. The molecule has 202 valence electrons. The fraction of sp³-hybridized carbons (Fsp3) is 0.406. The molecule has 39 heavy (non-hydrogen) atoms. The van der Waals surface area contributed by atoms with Crippen LogP contribution in [0.2, 0.25) is 0 Å². The lowest BCUT2D eigenvalue weighted by atomic mass is 9.93. The van der Waals surface area contributed by atoms with Gasteiger partial charge in [0, 0.05) is 42.9 Å². The summed E-state index contributed by atoms with van der Waals surface area (Å²) in [4.78, 5) is 35.5. The van der Waals surface area contributed by atoms with Crippen molar-refractivity contribution >= 4 is 23.1 Å². The molecule has 0 radical (unpaired) electrons. The predicted molar refractivity (Wildman–Crippen MR) is 152 cm³/mol. The molecule has 1 atom stereocenters. The number of amides is 1. The summed E-state index contributed by atoms with van der Waals surface area (Å²) in [6.45, 7) is 6.78. The molecule has 3 heterocycles. The third-order valence-electron chi connectivity index (χ3n) is 8.21. The summed E-state index contributed by atoms with van der Waals surface area (Å²) in [6, 6.07) is 10.6. The number of nitrogens with zero attached hydrogens (tertiary/aromatic N) is 3. The van der Waals surface area contributed by atoms with Gasteiger partial charge in [0.2, 0.25) is 0 Å². The smallest absolute Gasteiger partial charge is 0.254 e. The van der Waals surface area contributed by atoms with Crippen LogP contribution in [-0.2, 0) is 24.2 Å². The van der Waals surface area contributed by atoms with Gasteiger partial charge in [-0.3, -0.25) is 14.6 Å². The summed E-state index contributed by atoms with van der Waals surface area (Å²) in [5.74, 6) is -0.104. The largest absolute Gasteiger partial charge is 0.358 e. The Balaban J connectivity index is 1.18. The molecule has 1 saturated heterocycles. The molecule has 1 fully saturated rings. The molecule has 2 aromatic carbocycles. The minimum absolute atomic E-state index is 0.0254. The van der Waals surface area contributed by atoms with Gasteiger partial charge in [-0.2, -0.15) is 0 Å². The first-order valence-corrected chi connectivity index (χ1v) is 14.1. The zero-order valence-corrected chi connectivity index (χ0v) is 22.5. The van der Waals surface area contributed by atoms with Crippen LogP contribution in [0, 0.1) is 5.82 Å². The number of benzene rings is 2. The first kappa shape index (κ1) is 25.7. The van der Waals surface area contributed by atoms with E-state index in [4.69, 9.17) is 4.99 Å². The molecule has 0 bridgehead atoms. The number of anilines is 1. The van der Waals surface area contributed by atoms with Crippen LogP contribution < -0.4 is 5.32 Å². The average Bonchev–Trinajstić information content (AvgIpc) is 3.64. The van der Waals surface area contributed by atoms with Crippen molar-refractivity contribution in [2.45, 2.75) is 58.0 Å². The fourth-order valence-corrected chi connectivity index (χ4v) is 6.25. The molecule has 2 aromatic rings. The Hall–Kier alpha value is -3.58. The molecule has 1 aliphatic carbocycles. The molecule has 1 amide bonds. The molecule has 4 aliphatic rings. The quantitative estimate of drug-likeness (QED) is 0.511. The SMILES string of the molecule is CC(Cc1ccccc1F)N=C1C=CCC(=O)C1=C1Cc2cc3c(cc2N1)CN(CCCN1CCCC1)C3=O. The van der Waals surface area contributed by atoms with E-state index in [9.17, 15) is 14.0 Å². The topological polar surface area (TPSA) is 65.0 Å². The predicted octanol–water partition coefficient (Wildman–Crippen LogP) is 5.09. The van der Waals surface area contributed by atoms with E-state index in [2.05, 4.69) is 16.3 Å². The molecule has 7 heteroatoms. The highest BCUT2D eigenvalue weighted by Gasteiger charge is 2.32. The van der Waals surface area contributed by atoms with E-state index >= 15 is 0 Å². The van der Waals surface area contributed by atoms with Gasteiger partial charge in [0.15, 0.2) is 5.78 Å². The lowest BCUT2D eigenvalue weighted by Gasteiger charge is -2.19. The number of carbonyl (C=O) groups is 2. The molecule has 0 spiro atoms. The normalized spacial score (nSPS) is 22.5. The number of carbonyl (C=O) groups excluding carboxylic acids is 2. The maximum atomic E-state index is 14.2. The number of ketones is 1. The monoisotopic (exact) mass is 526 g/mol. The van der Waals surface area contributed by atoms with Crippen molar-refractivity contribution in [1.29, 1.82) is 0 Å². The Morgan fingerprint density at radius 1 is 1.08 bits per heavy atom. The highest BCUT2D eigenvalue weighted by Crippen LogP contribution is 2.36. The molecule has 1 N–H and O–H groups in total. The number of nitrogens with one attached hydrogen (secondary N) is 1. The van der Waals surface area contributed by atoms with Gasteiger partial charge in [-0.1, -0.05) is 24.3 Å². The Labute approximate surface area is 229 Å². The molecule has 1 unspecified atom stereocenters.